The molecule has 1 aliphatic rings. The molecule has 1 amide bonds. The number of hydrogen-bond acceptors (Lipinski definition) is 6. The van der Waals surface area contributed by atoms with E-state index >= 15 is 0 Å². The Bertz CT molecular complexity index is 2010. The van der Waals surface area contributed by atoms with Gasteiger partial charge in [-0.3, -0.25) is 24.0 Å². The third-order valence-corrected chi connectivity index (χ3v) is 9.31. The highest BCUT2D eigenvalue weighted by molar-refractivity contribution is 7.07. The zero-order valence-electron chi connectivity index (χ0n) is 24.0. The van der Waals surface area contributed by atoms with E-state index in [1.807, 2.05) is 42.5 Å². The van der Waals surface area contributed by atoms with Crippen LogP contribution in [0.2, 0.25) is 10.0 Å². The maximum atomic E-state index is 14.0. The molecule has 224 valence electrons. The number of pyridine rings is 1. The van der Waals surface area contributed by atoms with Gasteiger partial charge in [0.1, 0.15) is 10.7 Å². The summed E-state index contributed by atoms with van der Waals surface area (Å²) in [5.74, 6) is -0.433. The Kier molecular flexibility index (Phi) is 9.24. The predicted molar refractivity (Wildman–Crippen MR) is 179 cm³/mol. The Morgan fingerprint density at radius 1 is 0.889 bits per heavy atom. The van der Waals surface area contributed by atoms with Crippen LogP contribution >= 0.6 is 34.5 Å². The highest BCUT2D eigenvalue weighted by Gasteiger charge is 2.30. The molecule has 3 aromatic carbocycles. The van der Waals surface area contributed by atoms with Gasteiger partial charge in [0.15, 0.2) is 5.57 Å². The second-order valence-corrected chi connectivity index (χ2v) is 12.3. The lowest BCUT2D eigenvalue weighted by molar-refractivity contribution is -0.126. The minimum absolute atomic E-state index is 0.0308. The first-order valence-corrected chi connectivity index (χ1v) is 15.9. The number of rotatable bonds is 6. The van der Waals surface area contributed by atoms with E-state index < -0.39 is 11.5 Å². The zero-order chi connectivity index (χ0) is 31.3. The molecule has 2 aromatic heterocycles. The summed E-state index contributed by atoms with van der Waals surface area (Å²) in [4.78, 5) is 36.2. The predicted octanol–water partition coefficient (Wildman–Crippen LogP) is 5.04. The molecule has 0 saturated carbocycles. The first-order valence-electron chi connectivity index (χ1n) is 14.3. The van der Waals surface area contributed by atoms with Crippen molar-refractivity contribution in [2.24, 2.45) is 0 Å². The lowest BCUT2D eigenvalue weighted by atomic mass is 9.96. The van der Waals surface area contributed by atoms with Crippen molar-refractivity contribution in [2.75, 3.05) is 26.2 Å². The van der Waals surface area contributed by atoms with Gasteiger partial charge in [-0.05, 0) is 47.5 Å². The van der Waals surface area contributed by atoms with Gasteiger partial charge < -0.3 is 4.90 Å². The van der Waals surface area contributed by atoms with Crippen LogP contribution in [0.25, 0.3) is 17.3 Å². The molecule has 3 heterocycles. The lowest BCUT2D eigenvalue weighted by Crippen LogP contribution is -2.50. The van der Waals surface area contributed by atoms with Crippen molar-refractivity contribution in [2.45, 2.75) is 6.04 Å². The molecular weight excluding hydrogens is 625 g/mol. The van der Waals surface area contributed by atoms with Gasteiger partial charge in [-0.1, -0.05) is 89.9 Å². The quantitative estimate of drug-likeness (QED) is 0.257. The molecule has 10 heteroatoms. The largest absolute Gasteiger partial charge is 0.335 e. The molecule has 0 N–H and O–H groups in total. The number of thiazole rings is 1. The molecule has 1 saturated heterocycles. The van der Waals surface area contributed by atoms with Crippen molar-refractivity contribution in [3.8, 4) is 11.8 Å². The third kappa shape index (κ3) is 6.48. The Morgan fingerprint density at radius 2 is 1.53 bits per heavy atom. The Morgan fingerprint density at radius 3 is 2.11 bits per heavy atom. The molecule has 6 rings (SSSR count). The number of nitrogens with zero attached hydrogens (tertiary/aromatic N) is 5. The van der Waals surface area contributed by atoms with Crippen LogP contribution in [0.5, 0.6) is 0 Å². The molecular formula is C35H27Cl2N5O2S. The van der Waals surface area contributed by atoms with E-state index in [0.29, 0.717) is 47.1 Å². The van der Waals surface area contributed by atoms with Crippen LogP contribution in [-0.4, -0.2) is 51.4 Å². The van der Waals surface area contributed by atoms with E-state index in [4.69, 9.17) is 23.2 Å². The second kappa shape index (κ2) is 13.6. The minimum atomic E-state index is -0.433. The summed E-state index contributed by atoms with van der Waals surface area (Å²) in [6.45, 7) is 2.06. The van der Waals surface area contributed by atoms with Crippen LogP contribution in [0.3, 0.4) is 0 Å². The van der Waals surface area contributed by atoms with Crippen molar-refractivity contribution in [3.05, 3.63) is 150 Å². The van der Waals surface area contributed by atoms with Gasteiger partial charge in [0.25, 0.3) is 11.5 Å². The number of aromatic nitrogens is 2. The Labute approximate surface area is 274 Å². The van der Waals surface area contributed by atoms with E-state index in [2.05, 4.69) is 40.2 Å². The normalized spacial score (nSPS) is 14.8. The molecule has 1 aliphatic heterocycles. The average molecular weight is 653 g/mol. The maximum absolute atomic E-state index is 14.0. The number of halogens is 2. The van der Waals surface area contributed by atoms with Crippen molar-refractivity contribution in [1.29, 1.82) is 5.26 Å². The molecule has 0 aliphatic carbocycles. The van der Waals surface area contributed by atoms with Crippen LogP contribution < -0.4 is 14.8 Å². The molecule has 0 spiro atoms. The number of nitriles is 1. The average Bonchev–Trinajstić information content (AvgIpc) is 3.37. The van der Waals surface area contributed by atoms with Gasteiger partial charge in [-0.15, -0.1) is 11.3 Å². The summed E-state index contributed by atoms with van der Waals surface area (Å²) in [6.07, 6.45) is 3.27. The molecule has 0 atom stereocenters. The molecule has 0 bridgehead atoms. The number of benzene rings is 3. The van der Waals surface area contributed by atoms with E-state index in [1.165, 1.54) is 21.8 Å². The smallest absolute Gasteiger partial charge is 0.273 e. The fourth-order valence-corrected chi connectivity index (χ4v) is 7.11. The zero-order valence-corrected chi connectivity index (χ0v) is 26.3. The SMILES string of the molecule is N#CC(C(=O)N1CCN(C(c2ccccc2)c2ccccc2)CC1)=c1sc(=Cc2ccccn2)c(=O)n1-c1ccc(Cl)cc1Cl. The van der Waals surface area contributed by atoms with Gasteiger partial charge >= 0.3 is 0 Å². The highest BCUT2D eigenvalue weighted by atomic mass is 35.5. The third-order valence-electron chi connectivity index (χ3n) is 7.68. The van der Waals surface area contributed by atoms with Crippen LogP contribution in [0.4, 0.5) is 0 Å². The lowest BCUT2D eigenvalue weighted by Gasteiger charge is -2.39. The highest BCUT2D eigenvalue weighted by Crippen LogP contribution is 2.30. The van der Waals surface area contributed by atoms with Gasteiger partial charge in [0.2, 0.25) is 0 Å². The van der Waals surface area contributed by atoms with Gasteiger partial charge in [0.05, 0.1) is 27.0 Å². The van der Waals surface area contributed by atoms with Crippen LogP contribution in [0.1, 0.15) is 22.9 Å². The number of carbonyl (C=O) groups is 1. The summed E-state index contributed by atoms with van der Waals surface area (Å²) >= 11 is 13.7. The maximum Gasteiger partial charge on any atom is 0.273 e. The van der Waals surface area contributed by atoms with Gasteiger partial charge in [-0.2, -0.15) is 5.26 Å². The Hall–Kier alpha value is -4.52. The number of piperazine rings is 1. The molecule has 45 heavy (non-hydrogen) atoms. The van der Waals surface area contributed by atoms with E-state index in [-0.39, 0.29) is 21.3 Å². The van der Waals surface area contributed by atoms with E-state index in [1.54, 1.807) is 41.4 Å². The van der Waals surface area contributed by atoms with Crippen LogP contribution in [-0.2, 0) is 4.79 Å². The summed E-state index contributed by atoms with van der Waals surface area (Å²) in [6, 6.07) is 32.9. The van der Waals surface area contributed by atoms with Crippen molar-refractivity contribution >= 4 is 52.1 Å². The monoisotopic (exact) mass is 651 g/mol. The fourth-order valence-electron chi connectivity index (χ4n) is 5.54. The topological polar surface area (TPSA) is 82.2 Å². The van der Waals surface area contributed by atoms with Crippen molar-refractivity contribution in [3.63, 3.8) is 0 Å². The molecule has 1 fully saturated rings. The minimum Gasteiger partial charge on any atom is -0.335 e. The molecule has 0 unspecified atom stereocenters. The number of hydrogen-bond donors (Lipinski definition) is 0. The summed E-state index contributed by atoms with van der Waals surface area (Å²) in [7, 11) is 0. The standard InChI is InChI=1S/C35H27Cl2N5O2S/c36-26-14-15-30(29(37)21-26)42-34(44)31(22-27-13-7-8-16-39-27)45-35(42)28(23-38)33(43)41-19-17-40(18-20-41)32(24-9-3-1-4-10-24)25-11-5-2-6-12-25/h1-16,21-22,32H,17-20H2. The van der Waals surface area contributed by atoms with Crippen LogP contribution in [0.15, 0.2) is 108 Å². The van der Waals surface area contributed by atoms with Gasteiger partial charge in [0, 0.05) is 37.4 Å². The van der Waals surface area contributed by atoms with Crippen molar-refractivity contribution < 1.29 is 4.79 Å². The summed E-state index contributed by atoms with van der Waals surface area (Å²) < 4.78 is 1.84. The molecule has 0 radical (unpaired) electrons. The first-order chi connectivity index (χ1) is 21.9. The van der Waals surface area contributed by atoms with Crippen molar-refractivity contribution in [1.82, 2.24) is 19.4 Å². The summed E-state index contributed by atoms with van der Waals surface area (Å²) in [5, 5.41) is 11.0. The van der Waals surface area contributed by atoms with E-state index in [0.717, 1.165) is 11.3 Å². The first kappa shape index (κ1) is 30.5. The van der Waals surface area contributed by atoms with Gasteiger partial charge in [-0.25, -0.2) is 0 Å². The summed E-state index contributed by atoms with van der Waals surface area (Å²) in [5.41, 5.74) is 2.71. The van der Waals surface area contributed by atoms with E-state index in [9.17, 15) is 14.9 Å². The molecule has 7 nitrogen and oxygen atoms in total. The number of amides is 1. The molecule has 5 aromatic rings. The fraction of sp³-hybridized carbons (Fsp3) is 0.143. The number of carbonyl (C=O) groups excluding carboxylic acids is 1. The second-order valence-electron chi connectivity index (χ2n) is 10.4. The van der Waals surface area contributed by atoms with Crippen LogP contribution in [0, 0.1) is 11.3 Å². The Balaban J connectivity index is 1.38.